The van der Waals surface area contributed by atoms with Gasteiger partial charge in [-0.1, -0.05) is 13.0 Å². The van der Waals surface area contributed by atoms with Crippen LogP contribution in [0.15, 0.2) is 29.1 Å². The summed E-state index contributed by atoms with van der Waals surface area (Å²) >= 11 is 0. The van der Waals surface area contributed by atoms with Crippen LogP contribution in [0.4, 0.5) is 4.39 Å². The number of likely N-dealkylation sites (tertiary alicyclic amines) is 1. The molecular weight excluding hydrogens is 283 g/mol. The van der Waals surface area contributed by atoms with Crippen LogP contribution in [0.2, 0.25) is 0 Å². The highest BCUT2D eigenvalue weighted by atomic mass is 19.1. The van der Waals surface area contributed by atoms with Crippen LogP contribution >= 0.6 is 0 Å². The second kappa shape index (κ2) is 5.91. The first-order chi connectivity index (χ1) is 10.6. The topological polar surface area (TPSA) is 42.3 Å². The second-order valence-corrected chi connectivity index (χ2v) is 5.72. The highest BCUT2D eigenvalue weighted by Crippen LogP contribution is 2.18. The van der Waals surface area contributed by atoms with Crippen LogP contribution in [0.1, 0.15) is 36.7 Å². The summed E-state index contributed by atoms with van der Waals surface area (Å²) in [7, 11) is 0. The van der Waals surface area contributed by atoms with E-state index < -0.39 is 5.82 Å². The molecule has 1 aromatic carbocycles. The fourth-order valence-electron chi connectivity index (χ4n) is 3.02. The molecule has 1 fully saturated rings. The van der Waals surface area contributed by atoms with E-state index in [4.69, 9.17) is 0 Å². The molecule has 3 rings (SSSR count). The first-order valence-corrected chi connectivity index (χ1v) is 7.74. The number of hydrogen-bond acceptors (Lipinski definition) is 2. The number of halogens is 1. The van der Waals surface area contributed by atoms with Gasteiger partial charge in [0.25, 0.3) is 11.5 Å². The van der Waals surface area contributed by atoms with Crippen molar-refractivity contribution in [2.45, 2.75) is 32.7 Å². The maximum Gasteiger partial charge on any atom is 0.270 e. The van der Waals surface area contributed by atoms with Crippen molar-refractivity contribution in [3.05, 3.63) is 46.1 Å². The van der Waals surface area contributed by atoms with Gasteiger partial charge in [0.2, 0.25) is 0 Å². The third kappa shape index (κ3) is 2.51. The predicted molar refractivity (Wildman–Crippen MR) is 83.6 cm³/mol. The zero-order chi connectivity index (χ0) is 15.7. The number of nitrogens with zero attached hydrogens (tertiary/aromatic N) is 2. The molecule has 2 heterocycles. The van der Waals surface area contributed by atoms with E-state index in [-0.39, 0.29) is 11.5 Å². The Morgan fingerprint density at radius 1 is 1.23 bits per heavy atom. The molecule has 1 saturated heterocycles. The van der Waals surface area contributed by atoms with Gasteiger partial charge < -0.3 is 9.47 Å². The molecule has 0 radical (unpaired) electrons. The summed E-state index contributed by atoms with van der Waals surface area (Å²) in [5, 5.41) is 0.938. The number of hydrogen-bond donors (Lipinski definition) is 0. The zero-order valence-corrected chi connectivity index (χ0v) is 12.6. The molecule has 22 heavy (non-hydrogen) atoms. The standard InChI is InChI=1S/C17H19FN2O2/c1-2-7-20-15(17(22)19-8-3-4-9-19)10-12-5-6-13(18)11-14(12)16(20)21/h5-6,10-11H,2-4,7-9H2,1H3. The van der Waals surface area contributed by atoms with E-state index in [9.17, 15) is 14.0 Å². The average molecular weight is 302 g/mol. The lowest BCUT2D eigenvalue weighted by molar-refractivity contribution is 0.0780. The summed E-state index contributed by atoms with van der Waals surface area (Å²) in [5.74, 6) is -0.541. The molecule has 2 aromatic rings. The lowest BCUT2D eigenvalue weighted by atomic mass is 10.1. The van der Waals surface area contributed by atoms with Gasteiger partial charge in [0, 0.05) is 19.6 Å². The number of rotatable bonds is 3. The smallest absolute Gasteiger partial charge is 0.270 e. The highest BCUT2D eigenvalue weighted by Gasteiger charge is 2.23. The Labute approximate surface area is 128 Å². The molecule has 0 bridgehead atoms. The molecular formula is C17H19FN2O2. The van der Waals surface area contributed by atoms with Crippen molar-refractivity contribution in [1.82, 2.24) is 9.47 Å². The van der Waals surface area contributed by atoms with E-state index in [1.165, 1.54) is 16.7 Å². The lowest BCUT2D eigenvalue weighted by Gasteiger charge is -2.19. The van der Waals surface area contributed by atoms with Gasteiger partial charge in [0.1, 0.15) is 11.5 Å². The zero-order valence-electron chi connectivity index (χ0n) is 12.6. The van der Waals surface area contributed by atoms with Crippen LogP contribution in [0.5, 0.6) is 0 Å². The number of amides is 1. The normalized spacial score (nSPS) is 14.7. The number of benzene rings is 1. The van der Waals surface area contributed by atoms with Crippen LogP contribution in [-0.2, 0) is 6.54 Å². The van der Waals surface area contributed by atoms with Crippen molar-refractivity contribution < 1.29 is 9.18 Å². The van der Waals surface area contributed by atoms with Gasteiger partial charge in [-0.2, -0.15) is 0 Å². The lowest BCUT2D eigenvalue weighted by Crippen LogP contribution is -2.34. The van der Waals surface area contributed by atoms with Crippen molar-refractivity contribution in [1.29, 1.82) is 0 Å². The molecule has 4 nitrogen and oxygen atoms in total. The van der Waals surface area contributed by atoms with Gasteiger partial charge in [-0.3, -0.25) is 9.59 Å². The minimum Gasteiger partial charge on any atom is -0.337 e. The van der Waals surface area contributed by atoms with Gasteiger partial charge in [-0.05, 0) is 42.8 Å². The minimum absolute atomic E-state index is 0.103. The van der Waals surface area contributed by atoms with Crippen molar-refractivity contribution in [2.75, 3.05) is 13.1 Å². The summed E-state index contributed by atoms with van der Waals surface area (Å²) in [6, 6.07) is 5.83. The van der Waals surface area contributed by atoms with E-state index in [1.807, 2.05) is 6.92 Å². The maximum absolute atomic E-state index is 13.4. The summed E-state index contributed by atoms with van der Waals surface area (Å²) in [6.45, 7) is 3.88. The van der Waals surface area contributed by atoms with Crippen molar-refractivity contribution in [2.24, 2.45) is 0 Å². The summed E-state index contributed by atoms with van der Waals surface area (Å²) in [6.07, 6.45) is 2.74. The highest BCUT2D eigenvalue weighted by molar-refractivity contribution is 5.96. The van der Waals surface area contributed by atoms with Gasteiger partial charge in [-0.25, -0.2) is 4.39 Å². The summed E-state index contributed by atoms with van der Waals surface area (Å²) in [4.78, 5) is 27.1. The Morgan fingerprint density at radius 2 is 1.95 bits per heavy atom. The van der Waals surface area contributed by atoms with E-state index >= 15 is 0 Å². The third-order valence-electron chi connectivity index (χ3n) is 4.13. The van der Waals surface area contributed by atoms with Crippen molar-refractivity contribution >= 4 is 16.7 Å². The molecule has 1 amide bonds. The predicted octanol–water partition coefficient (Wildman–Crippen LogP) is 2.79. The molecule has 116 valence electrons. The van der Waals surface area contributed by atoms with E-state index in [0.717, 1.165) is 32.4 Å². The van der Waals surface area contributed by atoms with E-state index in [0.29, 0.717) is 23.0 Å². The van der Waals surface area contributed by atoms with Gasteiger partial charge in [0.15, 0.2) is 0 Å². The van der Waals surface area contributed by atoms with Crippen LogP contribution < -0.4 is 5.56 Å². The fourth-order valence-corrected chi connectivity index (χ4v) is 3.02. The van der Waals surface area contributed by atoms with Crippen molar-refractivity contribution in [3.63, 3.8) is 0 Å². The molecule has 0 N–H and O–H groups in total. The molecule has 0 aliphatic carbocycles. The third-order valence-corrected chi connectivity index (χ3v) is 4.13. The fraction of sp³-hybridized carbons (Fsp3) is 0.412. The minimum atomic E-state index is -0.439. The molecule has 1 aromatic heterocycles. The van der Waals surface area contributed by atoms with Crippen LogP contribution in [0.25, 0.3) is 10.8 Å². The largest absolute Gasteiger partial charge is 0.337 e. The first-order valence-electron chi connectivity index (χ1n) is 7.74. The first kappa shape index (κ1) is 14.8. The van der Waals surface area contributed by atoms with Crippen LogP contribution in [-0.4, -0.2) is 28.5 Å². The number of fused-ring (bicyclic) bond motifs is 1. The van der Waals surface area contributed by atoms with Crippen LogP contribution in [0, 0.1) is 5.82 Å². The van der Waals surface area contributed by atoms with Gasteiger partial charge in [-0.15, -0.1) is 0 Å². The Bertz CT molecular complexity index is 776. The SMILES string of the molecule is CCCn1c(C(=O)N2CCCC2)cc2ccc(F)cc2c1=O. The molecule has 0 spiro atoms. The Balaban J connectivity index is 2.19. The molecule has 0 saturated carbocycles. The van der Waals surface area contributed by atoms with Gasteiger partial charge in [0.05, 0.1) is 5.39 Å². The maximum atomic E-state index is 13.4. The second-order valence-electron chi connectivity index (χ2n) is 5.72. The van der Waals surface area contributed by atoms with Crippen LogP contribution in [0.3, 0.4) is 0 Å². The Hall–Kier alpha value is -2.17. The molecule has 1 aliphatic rings. The molecule has 1 aliphatic heterocycles. The molecule has 0 atom stereocenters. The molecule has 0 unspecified atom stereocenters. The number of carbonyl (C=O) groups excluding carboxylic acids is 1. The van der Waals surface area contributed by atoms with Crippen molar-refractivity contribution in [3.8, 4) is 0 Å². The van der Waals surface area contributed by atoms with E-state index in [2.05, 4.69) is 0 Å². The summed E-state index contributed by atoms with van der Waals surface area (Å²) < 4.78 is 14.9. The Morgan fingerprint density at radius 3 is 2.64 bits per heavy atom. The monoisotopic (exact) mass is 302 g/mol. The van der Waals surface area contributed by atoms with Gasteiger partial charge >= 0.3 is 0 Å². The number of pyridine rings is 1. The molecule has 5 heteroatoms. The van der Waals surface area contributed by atoms with E-state index in [1.54, 1.807) is 17.0 Å². The number of carbonyl (C=O) groups is 1. The number of aromatic nitrogens is 1. The average Bonchev–Trinajstić information content (AvgIpc) is 3.04. The summed E-state index contributed by atoms with van der Waals surface area (Å²) in [5.41, 5.74) is 0.120. The quantitative estimate of drug-likeness (QED) is 0.875. The Kier molecular flexibility index (Phi) is 3.96.